The summed E-state index contributed by atoms with van der Waals surface area (Å²) >= 11 is 0. The Kier molecular flexibility index (Phi) is 6.17. The number of rotatable bonds is 5. The number of nitrogen functional groups attached to an aromatic ring is 1. The summed E-state index contributed by atoms with van der Waals surface area (Å²) < 4.78 is 34.8. The number of sulfonamides is 1. The van der Waals surface area contributed by atoms with E-state index in [1.54, 1.807) is 18.2 Å². The van der Waals surface area contributed by atoms with E-state index in [1.807, 2.05) is 6.92 Å². The Hall–Kier alpha value is -2.54. The van der Waals surface area contributed by atoms with E-state index >= 15 is 0 Å². The largest absolute Gasteiger partial charge is 0.381 e. The third-order valence-corrected chi connectivity index (χ3v) is 5.98. The van der Waals surface area contributed by atoms with Gasteiger partial charge in [-0.3, -0.25) is 0 Å². The first-order valence-corrected chi connectivity index (χ1v) is 10.1. The van der Waals surface area contributed by atoms with Crippen molar-refractivity contribution in [3.05, 3.63) is 42.6 Å². The molecule has 0 radical (unpaired) electrons. The Morgan fingerprint density at radius 2 is 2.17 bits per heavy atom. The Balaban J connectivity index is 0.00000240. The number of hydrogen-bond donors (Lipinski definition) is 2. The monoisotopic (exact) mass is 435 g/mol. The van der Waals surface area contributed by atoms with Gasteiger partial charge in [-0.2, -0.15) is 23.3 Å². The molecule has 0 unspecified atom stereocenters. The van der Waals surface area contributed by atoms with Crippen molar-refractivity contribution in [2.75, 3.05) is 18.9 Å². The van der Waals surface area contributed by atoms with Crippen LogP contribution >= 0.6 is 13.5 Å². The molecule has 12 heteroatoms. The number of anilines is 1. The minimum absolute atomic E-state index is 0. The molecule has 1 atom stereocenters. The van der Waals surface area contributed by atoms with E-state index in [2.05, 4.69) is 24.8 Å². The van der Waals surface area contributed by atoms with Crippen LogP contribution in [0.5, 0.6) is 0 Å². The lowest BCUT2D eigenvalue weighted by Gasteiger charge is -2.14. The van der Waals surface area contributed by atoms with Gasteiger partial charge in [-0.1, -0.05) is 6.07 Å². The Labute approximate surface area is 175 Å². The molecule has 0 saturated carbocycles. The average Bonchev–Trinajstić information content (AvgIpc) is 3.36. The summed E-state index contributed by atoms with van der Waals surface area (Å²) in [4.78, 5) is 12.7. The van der Waals surface area contributed by atoms with Gasteiger partial charge in [-0.25, -0.2) is 28.1 Å². The number of aromatic nitrogens is 5. The van der Waals surface area contributed by atoms with Crippen molar-refractivity contribution in [3.8, 4) is 17.1 Å². The maximum Gasteiger partial charge on any atom is 0.240 e. The van der Waals surface area contributed by atoms with Crippen molar-refractivity contribution in [2.24, 2.45) is 0 Å². The molecule has 1 aromatic carbocycles. The van der Waals surface area contributed by atoms with E-state index in [0.29, 0.717) is 36.7 Å². The van der Waals surface area contributed by atoms with Crippen LogP contribution in [0, 0.1) is 6.92 Å². The van der Waals surface area contributed by atoms with Gasteiger partial charge in [0.15, 0.2) is 11.6 Å². The highest BCUT2D eigenvalue weighted by atomic mass is 32.2. The quantitative estimate of drug-likeness (QED) is 0.600. The van der Waals surface area contributed by atoms with Crippen molar-refractivity contribution in [1.82, 2.24) is 29.5 Å². The van der Waals surface area contributed by atoms with E-state index in [-0.39, 0.29) is 30.3 Å². The van der Waals surface area contributed by atoms with Gasteiger partial charge in [0.1, 0.15) is 12.7 Å². The molecular formula is C17H21N7O3S2. The summed E-state index contributed by atoms with van der Waals surface area (Å²) in [6.45, 7) is 2.80. The Bertz CT molecular complexity index is 1100. The highest BCUT2D eigenvalue weighted by Crippen LogP contribution is 2.26. The summed E-state index contributed by atoms with van der Waals surface area (Å²) in [7, 11) is -3.68. The SMILES string of the molecule is Cc1ccc(S(=O)(=O)N[C@H]2CCOC2)cc1-c1cnc(N)c(-n2cncn2)n1.S. The Morgan fingerprint density at radius 1 is 1.34 bits per heavy atom. The molecule has 0 bridgehead atoms. The van der Waals surface area contributed by atoms with Crippen molar-refractivity contribution in [2.45, 2.75) is 24.3 Å². The number of aryl methyl sites for hydroxylation is 1. The van der Waals surface area contributed by atoms with Gasteiger partial charge >= 0.3 is 0 Å². The van der Waals surface area contributed by atoms with Gasteiger partial charge in [0.2, 0.25) is 10.0 Å². The van der Waals surface area contributed by atoms with Crippen LogP contribution in [0.4, 0.5) is 5.82 Å². The fourth-order valence-corrected chi connectivity index (χ4v) is 4.24. The molecule has 0 spiro atoms. The smallest absolute Gasteiger partial charge is 0.240 e. The van der Waals surface area contributed by atoms with Crippen LogP contribution in [0.15, 0.2) is 41.9 Å². The minimum atomic E-state index is -3.68. The minimum Gasteiger partial charge on any atom is -0.381 e. The maximum absolute atomic E-state index is 12.7. The van der Waals surface area contributed by atoms with Crippen LogP contribution in [0.1, 0.15) is 12.0 Å². The predicted octanol–water partition coefficient (Wildman–Crippen LogP) is 0.795. The van der Waals surface area contributed by atoms with Crippen molar-refractivity contribution < 1.29 is 13.2 Å². The van der Waals surface area contributed by atoms with E-state index in [9.17, 15) is 8.42 Å². The summed E-state index contributed by atoms with van der Waals surface area (Å²) in [5.41, 5.74) is 7.88. The molecule has 1 fully saturated rings. The van der Waals surface area contributed by atoms with E-state index < -0.39 is 10.0 Å². The highest BCUT2D eigenvalue weighted by molar-refractivity contribution is 7.89. The zero-order chi connectivity index (χ0) is 19.7. The molecule has 1 aliphatic rings. The fourth-order valence-electron chi connectivity index (χ4n) is 2.96. The van der Waals surface area contributed by atoms with Crippen LogP contribution < -0.4 is 10.5 Å². The zero-order valence-corrected chi connectivity index (χ0v) is 17.4. The second-order valence-electron chi connectivity index (χ2n) is 6.46. The second kappa shape index (κ2) is 8.45. The Morgan fingerprint density at radius 3 is 2.86 bits per heavy atom. The van der Waals surface area contributed by atoms with Gasteiger partial charge in [-0.15, -0.1) is 0 Å². The highest BCUT2D eigenvalue weighted by Gasteiger charge is 2.24. The molecule has 10 nitrogen and oxygen atoms in total. The van der Waals surface area contributed by atoms with Crippen LogP contribution in [-0.4, -0.2) is 52.4 Å². The van der Waals surface area contributed by atoms with E-state index in [0.717, 1.165) is 5.56 Å². The molecule has 1 saturated heterocycles. The topological polar surface area (TPSA) is 138 Å². The molecule has 2 aromatic heterocycles. The molecule has 154 valence electrons. The molecule has 29 heavy (non-hydrogen) atoms. The summed E-state index contributed by atoms with van der Waals surface area (Å²) in [6.07, 6.45) is 4.99. The maximum atomic E-state index is 12.7. The molecule has 1 aliphatic heterocycles. The zero-order valence-electron chi connectivity index (χ0n) is 15.6. The fraction of sp³-hybridized carbons (Fsp3) is 0.294. The van der Waals surface area contributed by atoms with Gasteiger partial charge in [-0.05, 0) is 31.0 Å². The summed E-state index contributed by atoms with van der Waals surface area (Å²) in [5, 5.41) is 4.02. The van der Waals surface area contributed by atoms with Gasteiger partial charge in [0.25, 0.3) is 0 Å². The van der Waals surface area contributed by atoms with E-state index in [4.69, 9.17) is 10.5 Å². The third kappa shape index (κ3) is 4.40. The second-order valence-corrected chi connectivity index (χ2v) is 8.18. The van der Waals surface area contributed by atoms with Crippen LogP contribution in [0.2, 0.25) is 0 Å². The van der Waals surface area contributed by atoms with Crippen molar-refractivity contribution in [1.29, 1.82) is 0 Å². The first-order chi connectivity index (χ1) is 13.4. The van der Waals surface area contributed by atoms with Crippen LogP contribution in [0.25, 0.3) is 17.1 Å². The van der Waals surface area contributed by atoms with Gasteiger partial charge in [0.05, 0.1) is 23.4 Å². The molecule has 4 rings (SSSR count). The normalized spacial score (nSPS) is 16.5. The summed E-state index contributed by atoms with van der Waals surface area (Å²) in [5.74, 6) is 0.516. The lowest BCUT2D eigenvalue weighted by Crippen LogP contribution is -2.35. The average molecular weight is 436 g/mol. The van der Waals surface area contributed by atoms with Gasteiger partial charge in [0, 0.05) is 18.2 Å². The van der Waals surface area contributed by atoms with Crippen LogP contribution in [0.3, 0.4) is 0 Å². The first-order valence-electron chi connectivity index (χ1n) is 8.62. The lowest BCUT2D eigenvalue weighted by atomic mass is 10.1. The van der Waals surface area contributed by atoms with Crippen LogP contribution in [-0.2, 0) is 14.8 Å². The number of hydrogen-bond acceptors (Lipinski definition) is 8. The number of nitrogens with two attached hydrogens (primary N) is 1. The standard InChI is InChI=1S/C17H19N7O3S.H2S/c1-11-2-3-13(28(25,26)23-12-4-5-27-8-12)6-14(11)15-7-20-16(18)17(22-15)24-10-19-9-21-24;/h2-3,6-7,9-10,12,23H,4-5,8H2,1H3,(H2,18,20);1H2/t12-;/m0./s1. The summed E-state index contributed by atoms with van der Waals surface area (Å²) in [6, 6.07) is 4.67. The van der Waals surface area contributed by atoms with Gasteiger partial charge < -0.3 is 10.5 Å². The number of nitrogens with zero attached hydrogens (tertiary/aromatic N) is 5. The molecule has 3 N–H and O–H groups in total. The number of benzene rings is 1. The molecule has 0 amide bonds. The number of ether oxygens (including phenoxy) is 1. The van der Waals surface area contributed by atoms with E-state index in [1.165, 1.54) is 23.5 Å². The van der Waals surface area contributed by atoms with Crippen molar-refractivity contribution >= 4 is 29.3 Å². The molecule has 3 heterocycles. The third-order valence-electron chi connectivity index (χ3n) is 4.46. The predicted molar refractivity (Wildman–Crippen MR) is 111 cm³/mol. The lowest BCUT2D eigenvalue weighted by molar-refractivity contribution is 0.192. The number of nitrogens with one attached hydrogen (secondary N) is 1. The first kappa shape index (κ1) is 21.2. The van der Waals surface area contributed by atoms with Crippen molar-refractivity contribution in [3.63, 3.8) is 0 Å². The molecule has 0 aliphatic carbocycles. The molecular weight excluding hydrogens is 414 g/mol. The molecule has 3 aromatic rings.